The molecular weight excluding hydrogens is 482 g/mol. The van der Waals surface area contributed by atoms with E-state index in [1.54, 1.807) is 18.7 Å². The van der Waals surface area contributed by atoms with Crippen LogP contribution >= 0.6 is 10.0 Å². The highest BCUT2D eigenvalue weighted by molar-refractivity contribution is 8.46. The summed E-state index contributed by atoms with van der Waals surface area (Å²) in [6.45, 7) is 5.51. The Balaban J connectivity index is 1.42. The Labute approximate surface area is 213 Å². The van der Waals surface area contributed by atoms with Crippen LogP contribution in [0.15, 0.2) is 30.3 Å². The van der Waals surface area contributed by atoms with Crippen molar-refractivity contribution >= 4 is 33.1 Å². The predicted molar refractivity (Wildman–Crippen MR) is 135 cm³/mol. The third-order valence-corrected chi connectivity index (χ3v) is 13.1. The molecule has 3 amide bonds. The number of esters is 1. The lowest BCUT2D eigenvalue weighted by atomic mass is 9.98. The Morgan fingerprint density at radius 3 is 2.42 bits per heavy atom. The summed E-state index contributed by atoms with van der Waals surface area (Å²) < 4.78 is 4.61. The minimum Gasteiger partial charge on any atom is -0.459 e. The maximum Gasteiger partial charge on any atom is 0.330 e. The molecule has 196 valence electrons. The summed E-state index contributed by atoms with van der Waals surface area (Å²) in [4.78, 5) is 58.7. The number of benzene rings is 1. The Bertz CT molecular complexity index is 1060. The number of rotatable bonds is 5. The van der Waals surface area contributed by atoms with Gasteiger partial charge in [0.1, 0.15) is 18.7 Å². The van der Waals surface area contributed by atoms with Crippen molar-refractivity contribution in [1.29, 1.82) is 0 Å². The number of aliphatic hydroxyl groups excluding tert-OH is 1. The van der Waals surface area contributed by atoms with Crippen molar-refractivity contribution in [1.82, 2.24) is 14.7 Å². The van der Waals surface area contributed by atoms with E-state index >= 15 is 0 Å². The first-order valence-corrected chi connectivity index (χ1v) is 14.6. The number of carbonyl (C=O) groups excluding carboxylic acids is 4. The first kappa shape index (κ1) is 25.1. The molecule has 0 spiro atoms. The van der Waals surface area contributed by atoms with Crippen molar-refractivity contribution in [3.8, 4) is 0 Å². The summed E-state index contributed by atoms with van der Waals surface area (Å²) in [5.41, 5.74) is 0.824. The third kappa shape index (κ3) is 3.63. The molecule has 1 aromatic carbocycles. The lowest BCUT2D eigenvalue weighted by molar-refractivity contribution is -0.162. The minimum absolute atomic E-state index is 0.0259. The SMILES string of the molecule is CC1(C)[C@H](C(=O)OCc2ccccc2)N2C(=O)C[C@H]2S1(CO)C(=O)N1CCC[C@H]1C(=O)N1CCCC1. The van der Waals surface area contributed by atoms with Crippen LogP contribution in [0.5, 0.6) is 0 Å². The molecule has 4 heterocycles. The van der Waals surface area contributed by atoms with Crippen molar-refractivity contribution in [3.63, 3.8) is 0 Å². The van der Waals surface area contributed by atoms with Gasteiger partial charge in [0, 0.05) is 24.4 Å². The quantitative estimate of drug-likeness (QED) is 0.475. The number of hydrogen-bond acceptors (Lipinski definition) is 6. The number of nitrogens with zero attached hydrogens (tertiary/aromatic N) is 3. The molecule has 5 rings (SSSR count). The van der Waals surface area contributed by atoms with Crippen molar-refractivity contribution in [2.75, 3.05) is 25.6 Å². The zero-order chi connectivity index (χ0) is 25.7. The highest BCUT2D eigenvalue weighted by atomic mass is 32.3. The highest BCUT2D eigenvalue weighted by Crippen LogP contribution is 2.74. The lowest BCUT2D eigenvalue weighted by Gasteiger charge is -2.51. The topological polar surface area (TPSA) is 107 Å². The van der Waals surface area contributed by atoms with Gasteiger partial charge in [-0.1, -0.05) is 30.3 Å². The zero-order valence-corrected chi connectivity index (χ0v) is 21.7. The second-order valence-corrected chi connectivity index (χ2v) is 14.4. The largest absolute Gasteiger partial charge is 0.459 e. The second kappa shape index (κ2) is 9.37. The van der Waals surface area contributed by atoms with Crippen LogP contribution in [0.4, 0.5) is 4.79 Å². The molecule has 0 bridgehead atoms. The normalized spacial score (nSPS) is 32.6. The molecule has 1 aromatic rings. The Morgan fingerprint density at radius 1 is 1.08 bits per heavy atom. The van der Waals surface area contributed by atoms with Crippen molar-refractivity contribution in [2.45, 2.75) is 74.8 Å². The summed E-state index contributed by atoms with van der Waals surface area (Å²) in [5, 5.41) is 10.0. The summed E-state index contributed by atoms with van der Waals surface area (Å²) in [6.07, 6.45) is 3.37. The van der Waals surface area contributed by atoms with Crippen molar-refractivity contribution < 1.29 is 29.0 Å². The second-order valence-electron chi connectivity index (χ2n) is 10.6. The molecule has 10 heteroatoms. The molecule has 0 saturated carbocycles. The summed E-state index contributed by atoms with van der Waals surface area (Å²) in [5.74, 6) is -1.24. The van der Waals surface area contributed by atoms with E-state index in [0.717, 1.165) is 18.4 Å². The number of aliphatic hydroxyl groups is 1. The van der Waals surface area contributed by atoms with Gasteiger partial charge in [0.2, 0.25) is 11.8 Å². The van der Waals surface area contributed by atoms with Crippen LogP contribution in [0, 0.1) is 0 Å². The van der Waals surface area contributed by atoms with E-state index in [2.05, 4.69) is 0 Å². The van der Waals surface area contributed by atoms with Gasteiger partial charge in [-0.15, -0.1) is 10.0 Å². The molecule has 1 unspecified atom stereocenters. The molecule has 4 atom stereocenters. The molecule has 0 aliphatic carbocycles. The van der Waals surface area contributed by atoms with Crippen molar-refractivity contribution in [3.05, 3.63) is 35.9 Å². The molecule has 4 fully saturated rings. The van der Waals surface area contributed by atoms with Gasteiger partial charge in [-0.25, -0.2) is 4.79 Å². The van der Waals surface area contributed by atoms with Gasteiger partial charge in [-0.05, 0) is 45.1 Å². The molecule has 0 radical (unpaired) electrons. The van der Waals surface area contributed by atoms with Crippen LogP contribution in [0.25, 0.3) is 0 Å². The molecule has 1 N–H and O–H groups in total. The number of likely N-dealkylation sites (tertiary alicyclic amines) is 2. The monoisotopic (exact) mass is 517 g/mol. The summed E-state index contributed by atoms with van der Waals surface area (Å²) >= 11 is 0. The van der Waals surface area contributed by atoms with Gasteiger partial charge in [0.05, 0.1) is 17.7 Å². The molecule has 4 aliphatic rings. The molecule has 9 nitrogen and oxygen atoms in total. The van der Waals surface area contributed by atoms with Crippen molar-refractivity contribution in [2.24, 2.45) is 0 Å². The number of fused-ring (bicyclic) bond motifs is 1. The number of amides is 3. The van der Waals surface area contributed by atoms with Crippen LogP contribution in [0.3, 0.4) is 0 Å². The maximum atomic E-state index is 14.3. The van der Waals surface area contributed by atoms with E-state index in [1.807, 2.05) is 35.2 Å². The Hall–Kier alpha value is -2.59. The molecule has 4 aliphatic heterocycles. The van der Waals surface area contributed by atoms with E-state index in [1.165, 1.54) is 4.90 Å². The van der Waals surface area contributed by atoms with Crippen LogP contribution in [-0.4, -0.2) is 90.6 Å². The number of carbonyl (C=O) groups is 4. The fourth-order valence-corrected chi connectivity index (χ4v) is 10.7. The van der Waals surface area contributed by atoms with Gasteiger partial charge in [-0.3, -0.25) is 14.4 Å². The molecule has 36 heavy (non-hydrogen) atoms. The van der Waals surface area contributed by atoms with Crippen LogP contribution < -0.4 is 0 Å². The zero-order valence-electron chi connectivity index (χ0n) is 20.9. The van der Waals surface area contributed by atoms with E-state index in [9.17, 15) is 24.3 Å². The number of β-lactam (4-membered cyclic amide) rings is 1. The van der Waals surface area contributed by atoms with E-state index in [-0.39, 0.29) is 30.1 Å². The molecule has 0 aromatic heterocycles. The molecule has 4 saturated heterocycles. The smallest absolute Gasteiger partial charge is 0.330 e. The fraction of sp³-hybridized carbons (Fsp3) is 0.615. The summed E-state index contributed by atoms with van der Waals surface area (Å²) in [6, 6.07) is 7.77. The predicted octanol–water partition coefficient (Wildman–Crippen LogP) is 2.41. The first-order chi connectivity index (χ1) is 17.2. The molecular formula is C26H35N3O6S. The minimum atomic E-state index is -2.60. The van der Waals surface area contributed by atoms with E-state index in [0.29, 0.717) is 32.5 Å². The maximum absolute atomic E-state index is 14.3. The third-order valence-electron chi connectivity index (χ3n) is 8.44. The van der Waals surface area contributed by atoms with E-state index < -0.39 is 44.1 Å². The van der Waals surface area contributed by atoms with Gasteiger partial charge >= 0.3 is 5.97 Å². The standard InChI is InChI=1S/C26H35N3O6S/c1-26(2)22(24(33)35-16-18-9-4-3-5-10-18)29-20(31)15-21(29)36(26,17-30)25(34)28-14-8-11-19(28)23(32)27-12-6-7-13-27/h3-5,9-10,19,21-22,30H,6-8,11-17H2,1-2H3/t19-,21+,22-/m0/s1. The first-order valence-electron chi connectivity index (χ1n) is 12.8. The Kier molecular flexibility index (Phi) is 6.53. The number of hydrogen-bond donors (Lipinski definition) is 1. The average Bonchev–Trinajstić information content (AvgIpc) is 3.60. The highest BCUT2D eigenvalue weighted by Gasteiger charge is 2.72. The number of ether oxygens (including phenoxy) is 1. The fourth-order valence-electron chi connectivity index (χ4n) is 6.39. The van der Waals surface area contributed by atoms with Crippen LogP contribution in [-0.2, 0) is 25.7 Å². The van der Waals surface area contributed by atoms with Gasteiger partial charge in [-0.2, -0.15) is 0 Å². The van der Waals surface area contributed by atoms with Gasteiger partial charge in [0.15, 0.2) is 0 Å². The Morgan fingerprint density at radius 2 is 1.78 bits per heavy atom. The van der Waals surface area contributed by atoms with E-state index in [4.69, 9.17) is 4.74 Å². The summed E-state index contributed by atoms with van der Waals surface area (Å²) in [7, 11) is -2.60. The van der Waals surface area contributed by atoms with Gasteiger partial charge in [0.25, 0.3) is 5.24 Å². The van der Waals surface area contributed by atoms with Crippen LogP contribution in [0.2, 0.25) is 0 Å². The lowest BCUT2D eigenvalue weighted by Crippen LogP contribution is -2.57. The van der Waals surface area contributed by atoms with Crippen LogP contribution in [0.1, 0.15) is 51.5 Å². The van der Waals surface area contributed by atoms with Gasteiger partial charge < -0.3 is 24.5 Å². The average molecular weight is 518 g/mol.